The number of methoxy groups -OCH3 is 1. The van der Waals surface area contributed by atoms with Crippen LogP contribution in [-0.4, -0.2) is 18.2 Å². The van der Waals surface area contributed by atoms with Crippen molar-refractivity contribution in [1.29, 1.82) is 0 Å². The van der Waals surface area contributed by atoms with Crippen LogP contribution in [0, 0.1) is 5.82 Å². The Morgan fingerprint density at radius 1 is 1.19 bits per heavy atom. The van der Waals surface area contributed by atoms with Crippen LogP contribution in [0.15, 0.2) is 42.6 Å². The van der Waals surface area contributed by atoms with E-state index in [0.717, 1.165) is 11.4 Å². The molecule has 1 heterocycles. The zero-order valence-electron chi connectivity index (χ0n) is 11.8. The minimum atomic E-state index is -0.514. The Labute approximate surface area is 122 Å². The Kier molecular flexibility index (Phi) is 4.71. The van der Waals surface area contributed by atoms with Gasteiger partial charge in [-0.15, -0.1) is 0 Å². The summed E-state index contributed by atoms with van der Waals surface area (Å²) in [6, 6.07) is 10.1. The SMILES string of the molecule is COC(=O)Nc1ccc(NC(C)c2ccc(F)cn2)cc1. The molecule has 0 radical (unpaired) electrons. The van der Waals surface area contributed by atoms with E-state index >= 15 is 0 Å². The molecular formula is C15H16FN3O2. The van der Waals surface area contributed by atoms with Crippen molar-refractivity contribution in [2.24, 2.45) is 0 Å². The molecule has 0 bridgehead atoms. The van der Waals surface area contributed by atoms with Crippen molar-refractivity contribution in [3.8, 4) is 0 Å². The molecule has 1 unspecified atom stereocenters. The lowest BCUT2D eigenvalue weighted by molar-refractivity contribution is 0.187. The van der Waals surface area contributed by atoms with E-state index in [-0.39, 0.29) is 11.9 Å². The summed E-state index contributed by atoms with van der Waals surface area (Å²) in [4.78, 5) is 15.1. The first-order chi connectivity index (χ1) is 10.1. The second kappa shape index (κ2) is 6.69. The smallest absolute Gasteiger partial charge is 0.411 e. The van der Waals surface area contributed by atoms with Gasteiger partial charge in [-0.25, -0.2) is 9.18 Å². The van der Waals surface area contributed by atoms with Crippen LogP contribution in [0.25, 0.3) is 0 Å². The molecule has 0 saturated heterocycles. The number of amides is 1. The zero-order chi connectivity index (χ0) is 15.2. The number of nitrogens with zero attached hydrogens (tertiary/aromatic N) is 1. The fraction of sp³-hybridized carbons (Fsp3) is 0.200. The molecule has 0 spiro atoms. The highest BCUT2D eigenvalue weighted by Gasteiger charge is 2.07. The highest BCUT2D eigenvalue weighted by Crippen LogP contribution is 2.19. The number of anilines is 2. The normalized spacial score (nSPS) is 11.6. The molecule has 0 saturated carbocycles. The van der Waals surface area contributed by atoms with Crippen molar-refractivity contribution in [2.45, 2.75) is 13.0 Å². The maximum absolute atomic E-state index is 12.8. The third-order valence-electron chi connectivity index (χ3n) is 2.89. The van der Waals surface area contributed by atoms with Gasteiger partial charge in [0.25, 0.3) is 0 Å². The van der Waals surface area contributed by atoms with Crippen LogP contribution in [0.1, 0.15) is 18.7 Å². The second-order valence-electron chi connectivity index (χ2n) is 4.46. The van der Waals surface area contributed by atoms with Gasteiger partial charge in [-0.05, 0) is 43.3 Å². The van der Waals surface area contributed by atoms with E-state index in [1.807, 2.05) is 19.1 Å². The van der Waals surface area contributed by atoms with Gasteiger partial charge in [-0.3, -0.25) is 10.3 Å². The molecule has 0 aliphatic carbocycles. The van der Waals surface area contributed by atoms with Gasteiger partial charge in [-0.1, -0.05) is 0 Å². The summed E-state index contributed by atoms with van der Waals surface area (Å²) in [5.74, 6) is -0.357. The largest absolute Gasteiger partial charge is 0.453 e. The summed E-state index contributed by atoms with van der Waals surface area (Å²) in [6.07, 6.45) is 0.677. The van der Waals surface area contributed by atoms with Crippen LogP contribution < -0.4 is 10.6 Å². The van der Waals surface area contributed by atoms with Crippen LogP contribution in [-0.2, 0) is 4.74 Å². The lowest BCUT2D eigenvalue weighted by Gasteiger charge is -2.15. The number of hydrogen-bond donors (Lipinski definition) is 2. The number of carbonyl (C=O) groups is 1. The standard InChI is InChI=1S/C15H16FN3O2/c1-10(14-8-3-11(16)9-17-14)18-12-4-6-13(7-5-12)19-15(20)21-2/h3-10,18H,1-2H3,(H,19,20). The van der Waals surface area contributed by atoms with Crippen molar-refractivity contribution >= 4 is 17.5 Å². The van der Waals surface area contributed by atoms with E-state index in [9.17, 15) is 9.18 Å². The molecule has 2 N–H and O–H groups in total. The van der Waals surface area contributed by atoms with Crippen LogP contribution in [0.5, 0.6) is 0 Å². The summed E-state index contributed by atoms with van der Waals surface area (Å²) >= 11 is 0. The summed E-state index contributed by atoms with van der Waals surface area (Å²) in [5, 5.41) is 5.81. The zero-order valence-corrected chi connectivity index (χ0v) is 11.8. The number of carbonyl (C=O) groups excluding carboxylic acids is 1. The molecule has 2 rings (SSSR count). The number of halogens is 1. The Morgan fingerprint density at radius 3 is 2.43 bits per heavy atom. The molecule has 2 aromatic rings. The molecule has 6 heteroatoms. The van der Waals surface area contributed by atoms with Crippen molar-refractivity contribution in [3.05, 3.63) is 54.1 Å². The monoisotopic (exact) mass is 289 g/mol. The van der Waals surface area contributed by atoms with Crippen molar-refractivity contribution < 1.29 is 13.9 Å². The van der Waals surface area contributed by atoms with Crippen LogP contribution >= 0.6 is 0 Å². The van der Waals surface area contributed by atoms with Gasteiger partial charge in [0.2, 0.25) is 0 Å². The number of benzene rings is 1. The predicted octanol–water partition coefficient (Wildman–Crippen LogP) is 3.57. The number of ether oxygens (including phenoxy) is 1. The lowest BCUT2D eigenvalue weighted by Crippen LogP contribution is -2.11. The van der Waals surface area contributed by atoms with Crippen molar-refractivity contribution in [3.63, 3.8) is 0 Å². The van der Waals surface area contributed by atoms with E-state index in [0.29, 0.717) is 5.69 Å². The Morgan fingerprint density at radius 2 is 1.86 bits per heavy atom. The third kappa shape index (κ3) is 4.17. The minimum absolute atomic E-state index is 0.0648. The average Bonchev–Trinajstić information content (AvgIpc) is 2.49. The molecule has 0 aliphatic heterocycles. The number of nitrogens with one attached hydrogen (secondary N) is 2. The van der Waals surface area contributed by atoms with Gasteiger partial charge in [0.15, 0.2) is 0 Å². The maximum Gasteiger partial charge on any atom is 0.411 e. The minimum Gasteiger partial charge on any atom is -0.453 e. The summed E-state index contributed by atoms with van der Waals surface area (Å²) in [6.45, 7) is 1.93. The molecular weight excluding hydrogens is 273 g/mol. The first-order valence-corrected chi connectivity index (χ1v) is 6.41. The molecule has 21 heavy (non-hydrogen) atoms. The molecule has 5 nitrogen and oxygen atoms in total. The van der Waals surface area contributed by atoms with Crippen LogP contribution in [0.2, 0.25) is 0 Å². The topological polar surface area (TPSA) is 63.2 Å². The fourth-order valence-electron chi connectivity index (χ4n) is 1.79. The van der Waals surface area contributed by atoms with E-state index < -0.39 is 6.09 Å². The quantitative estimate of drug-likeness (QED) is 0.903. The first-order valence-electron chi connectivity index (χ1n) is 6.41. The predicted molar refractivity (Wildman–Crippen MR) is 78.7 cm³/mol. The van der Waals surface area contributed by atoms with Crippen molar-refractivity contribution in [2.75, 3.05) is 17.7 Å². The van der Waals surface area contributed by atoms with E-state index in [1.54, 1.807) is 18.2 Å². The molecule has 1 atom stereocenters. The van der Waals surface area contributed by atoms with Gasteiger partial charge in [0.1, 0.15) is 5.82 Å². The van der Waals surface area contributed by atoms with Gasteiger partial charge >= 0.3 is 6.09 Å². The summed E-state index contributed by atoms with van der Waals surface area (Å²) in [7, 11) is 1.31. The Balaban J connectivity index is 1.99. The molecule has 110 valence electrons. The van der Waals surface area contributed by atoms with Gasteiger partial charge in [-0.2, -0.15) is 0 Å². The highest BCUT2D eigenvalue weighted by atomic mass is 19.1. The third-order valence-corrected chi connectivity index (χ3v) is 2.89. The van der Waals surface area contributed by atoms with Gasteiger partial charge < -0.3 is 10.1 Å². The number of hydrogen-bond acceptors (Lipinski definition) is 4. The molecule has 1 amide bonds. The Hall–Kier alpha value is -2.63. The van der Waals surface area contributed by atoms with Crippen LogP contribution in [0.3, 0.4) is 0 Å². The molecule has 1 aromatic heterocycles. The fourth-order valence-corrected chi connectivity index (χ4v) is 1.79. The average molecular weight is 289 g/mol. The maximum atomic E-state index is 12.8. The summed E-state index contributed by atoms with van der Waals surface area (Å²) < 4.78 is 17.3. The van der Waals surface area contributed by atoms with Gasteiger partial charge in [0, 0.05) is 11.4 Å². The van der Waals surface area contributed by atoms with E-state index in [4.69, 9.17) is 0 Å². The molecule has 0 aliphatic rings. The second-order valence-corrected chi connectivity index (χ2v) is 4.46. The van der Waals surface area contributed by atoms with Gasteiger partial charge in [0.05, 0.1) is 25.0 Å². The number of rotatable bonds is 4. The highest BCUT2D eigenvalue weighted by molar-refractivity contribution is 5.84. The van der Waals surface area contributed by atoms with E-state index in [1.165, 1.54) is 19.4 Å². The first kappa shape index (κ1) is 14.8. The molecule has 0 fully saturated rings. The van der Waals surface area contributed by atoms with Crippen molar-refractivity contribution in [1.82, 2.24) is 4.98 Å². The number of pyridine rings is 1. The van der Waals surface area contributed by atoms with E-state index in [2.05, 4.69) is 20.4 Å². The lowest BCUT2D eigenvalue weighted by atomic mass is 10.2. The Bertz CT molecular complexity index is 599. The summed E-state index contributed by atoms with van der Waals surface area (Å²) in [5.41, 5.74) is 2.25. The van der Waals surface area contributed by atoms with Crippen LogP contribution in [0.4, 0.5) is 20.6 Å². The number of aromatic nitrogens is 1. The molecule has 1 aromatic carbocycles.